The zero-order valence-corrected chi connectivity index (χ0v) is 15.2. The highest BCUT2D eigenvalue weighted by molar-refractivity contribution is 6.34. The number of morpholine rings is 1. The van der Waals surface area contributed by atoms with E-state index >= 15 is 0 Å². The van der Waals surface area contributed by atoms with Crippen LogP contribution in [0.1, 0.15) is 25.0 Å². The van der Waals surface area contributed by atoms with Gasteiger partial charge >= 0.3 is 6.03 Å². The SMILES string of the molecule is COC[C@H]1CN(C(=O)Nc2c(Cl)ccc(C)c2C)CC(C)(C)O1. The predicted molar refractivity (Wildman–Crippen MR) is 92.3 cm³/mol. The Morgan fingerprint density at radius 2 is 2.17 bits per heavy atom. The third kappa shape index (κ3) is 4.37. The summed E-state index contributed by atoms with van der Waals surface area (Å²) in [7, 11) is 1.63. The second-order valence-corrected chi connectivity index (χ2v) is 7.04. The largest absolute Gasteiger partial charge is 0.382 e. The number of amides is 2. The number of nitrogens with one attached hydrogen (secondary N) is 1. The highest BCUT2D eigenvalue weighted by Gasteiger charge is 2.35. The number of carbonyl (C=O) groups excluding carboxylic acids is 1. The number of aryl methyl sites for hydroxylation is 1. The number of hydrogen-bond donors (Lipinski definition) is 1. The van der Waals surface area contributed by atoms with Crippen LogP contribution in [-0.4, -0.2) is 49.4 Å². The van der Waals surface area contributed by atoms with Gasteiger partial charge in [0, 0.05) is 7.11 Å². The summed E-state index contributed by atoms with van der Waals surface area (Å²) < 4.78 is 11.1. The van der Waals surface area contributed by atoms with Gasteiger partial charge in [-0.1, -0.05) is 17.7 Å². The normalized spacial score (nSPS) is 20.4. The molecule has 5 nitrogen and oxygen atoms in total. The van der Waals surface area contributed by atoms with E-state index in [0.29, 0.717) is 30.4 Å². The van der Waals surface area contributed by atoms with E-state index in [4.69, 9.17) is 21.1 Å². The Hall–Kier alpha value is -1.30. The van der Waals surface area contributed by atoms with Crippen molar-refractivity contribution in [3.8, 4) is 0 Å². The van der Waals surface area contributed by atoms with Gasteiger partial charge < -0.3 is 19.7 Å². The van der Waals surface area contributed by atoms with Gasteiger partial charge in [0.15, 0.2) is 0 Å². The first-order valence-electron chi connectivity index (χ1n) is 7.72. The molecule has 1 aromatic rings. The molecule has 1 fully saturated rings. The van der Waals surface area contributed by atoms with Crippen molar-refractivity contribution in [1.29, 1.82) is 0 Å². The van der Waals surface area contributed by atoms with Gasteiger partial charge in [-0.25, -0.2) is 4.79 Å². The number of methoxy groups -OCH3 is 1. The van der Waals surface area contributed by atoms with E-state index in [1.165, 1.54) is 0 Å². The minimum atomic E-state index is -0.412. The van der Waals surface area contributed by atoms with E-state index in [0.717, 1.165) is 11.1 Å². The molecule has 0 radical (unpaired) electrons. The van der Waals surface area contributed by atoms with Gasteiger partial charge in [-0.3, -0.25) is 0 Å². The van der Waals surface area contributed by atoms with E-state index in [-0.39, 0.29) is 12.1 Å². The molecular formula is C17H25ClN2O3. The summed E-state index contributed by atoms with van der Waals surface area (Å²) in [5.74, 6) is 0. The standard InChI is InChI=1S/C17H25ClN2O3/c1-11-6-7-14(18)15(12(11)2)19-16(21)20-8-13(9-22-5)23-17(3,4)10-20/h6-7,13H,8-10H2,1-5H3,(H,19,21)/t13-/m1/s1. The van der Waals surface area contributed by atoms with Crippen LogP contribution in [0.25, 0.3) is 0 Å². The van der Waals surface area contributed by atoms with E-state index in [1.807, 2.05) is 33.8 Å². The number of anilines is 1. The topological polar surface area (TPSA) is 50.8 Å². The molecule has 2 rings (SSSR count). The quantitative estimate of drug-likeness (QED) is 0.914. The lowest BCUT2D eigenvalue weighted by atomic mass is 10.1. The molecule has 6 heteroatoms. The van der Waals surface area contributed by atoms with Crippen LogP contribution >= 0.6 is 11.6 Å². The molecule has 0 saturated carbocycles. The first-order valence-corrected chi connectivity index (χ1v) is 8.09. The van der Waals surface area contributed by atoms with Crippen LogP contribution in [0.4, 0.5) is 10.5 Å². The fourth-order valence-corrected chi connectivity index (χ4v) is 3.10. The number of nitrogens with zero attached hydrogens (tertiary/aromatic N) is 1. The van der Waals surface area contributed by atoms with Crippen LogP contribution in [0, 0.1) is 13.8 Å². The van der Waals surface area contributed by atoms with Gasteiger partial charge in [0.2, 0.25) is 0 Å². The summed E-state index contributed by atoms with van der Waals surface area (Å²) >= 11 is 6.24. The molecule has 0 aromatic heterocycles. The molecule has 1 atom stereocenters. The number of ether oxygens (including phenoxy) is 2. The monoisotopic (exact) mass is 340 g/mol. The van der Waals surface area contributed by atoms with E-state index in [2.05, 4.69) is 5.32 Å². The molecule has 0 bridgehead atoms. The highest BCUT2D eigenvalue weighted by atomic mass is 35.5. The summed E-state index contributed by atoms with van der Waals surface area (Å²) in [4.78, 5) is 14.4. The van der Waals surface area contributed by atoms with Crippen LogP contribution in [-0.2, 0) is 9.47 Å². The summed E-state index contributed by atoms with van der Waals surface area (Å²) in [6.45, 7) is 9.35. The Bertz CT molecular complexity index is 589. The first-order chi connectivity index (χ1) is 10.7. The Kier molecular flexibility index (Phi) is 5.55. The van der Waals surface area contributed by atoms with Crippen LogP contribution < -0.4 is 5.32 Å². The van der Waals surface area contributed by atoms with Crippen molar-refractivity contribution in [3.05, 3.63) is 28.3 Å². The van der Waals surface area contributed by atoms with Gasteiger partial charge in [-0.05, 0) is 44.9 Å². The number of benzene rings is 1. The molecule has 1 N–H and O–H groups in total. The van der Waals surface area contributed by atoms with Gasteiger partial charge in [-0.15, -0.1) is 0 Å². The number of hydrogen-bond acceptors (Lipinski definition) is 3. The predicted octanol–water partition coefficient (Wildman–Crippen LogP) is 3.61. The zero-order chi connectivity index (χ0) is 17.2. The summed E-state index contributed by atoms with van der Waals surface area (Å²) in [5, 5.41) is 3.49. The fraction of sp³-hybridized carbons (Fsp3) is 0.588. The van der Waals surface area contributed by atoms with Crippen LogP contribution in [0.2, 0.25) is 5.02 Å². The summed E-state index contributed by atoms with van der Waals surface area (Å²) in [6.07, 6.45) is -0.136. The van der Waals surface area contributed by atoms with Crippen molar-refractivity contribution >= 4 is 23.3 Å². The molecule has 1 aliphatic rings. The number of halogens is 1. The molecule has 23 heavy (non-hydrogen) atoms. The maximum Gasteiger partial charge on any atom is 0.322 e. The third-order valence-electron chi connectivity index (χ3n) is 4.04. The molecule has 1 aliphatic heterocycles. The van der Waals surface area contributed by atoms with E-state index < -0.39 is 5.60 Å². The van der Waals surface area contributed by atoms with Crippen molar-refractivity contribution in [2.45, 2.75) is 39.4 Å². The van der Waals surface area contributed by atoms with E-state index in [1.54, 1.807) is 18.1 Å². The van der Waals surface area contributed by atoms with Gasteiger partial charge in [0.25, 0.3) is 0 Å². The van der Waals surface area contributed by atoms with Crippen molar-refractivity contribution in [2.75, 3.05) is 32.1 Å². The number of rotatable bonds is 3. The lowest BCUT2D eigenvalue weighted by Crippen LogP contribution is -2.56. The Balaban J connectivity index is 2.15. The average molecular weight is 341 g/mol. The van der Waals surface area contributed by atoms with Crippen LogP contribution in [0.5, 0.6) is 0 Å². The van der Waals surface area contributed by atoms with Crippen molar-refractivity contribution in [2.24, 2.45) is 0 Å². The Morgan fingerprint density at radius 3 is 2.83 bits per heavy atom. The van der Waals surface area contributed by atoms with Gasteiger partial charge in [-0.2, -0.15) is 0 Å². The number of urea groups is 1. The minimum absolute atomic E-state index is 0.136. The first kappa shape index (κ1) is 18.0. The molecule has 1 heterocycles. The molecule has 128 valence electrons. The molecule has 0 aliphatic carbocycles. The smallest absolute Gasteiger partial charge is 0.322 e. The van der Waals surface area contributed by atoms with Crippen LogP contribution in [0.3, 0.4) is 0 Å². The maximum atomic E-state index is 12.7. The lowest BCUT2D eigenvalue weighted by molar-refractivity contribution is -0.141. The fourth-order valence-electron chi connectivity index (χ4n) is 2.85. The second-order valence-electron chi connectivity index (χ2n) is 6.63. The van der Waals surface area contributed by atoms with Crippen LogP contribution in [0.15, 0.2) is 12.1 Å². The molecule has 2 amide bonds. The number of carbonyl (C=O) groups is 1. The van der Waals surface area contributed by atoms with Crippen molar-refractivity contribution in [1.82, 2.24) is 4.90 Å². The molecule has 0 spiro atoms. The highest BCUT2D eigenvalue weighted by Crippen LogP contribution is 2.29. The molecular weight excluding hydrogens is 316 g/mol. The Morgan fingerprint density at radius 1 is 1.48 bits per heavy atom. The Labute approximate surface area is 142 Å². The van der Waals surface area contributed by atoms with E-state index in [9.17, 15) is 4.79 Å². The van der Waals surface area contributed by atoms with Gasteiger partial charge in [0.05, 0.1) is 42.1 Å². The zero-order valence-electron chi connectivity index (χ0n) is 14.4. The maximum absolute atomic E-state index is 12.7. The molecule has 1 aromatic carbocycles. The summed E-state index contributed by atoms with van der Waals surface area (Å²) in [6, 6.07) is 3.58. The van der Waals surface area contributed by atoms with Crippen molar-refractivity contribution in [3.63, 3.8) is 0 Å². The average Bonchev–Trinajstić information content (AvgIpc) is 2.46. The third-order valence-corrected chi connectivity index (χ3v) is 4.35. The second kappa shape index (κ2) is 7.07. The molecule has 0 unspecified atom stereocenters. The molecule has 1 saturated heterocycles. The van der Waals surface area contributed by atoms with Gasteiger partial charge in [0.1, 0.15) is 0 Å². The minimum Gasteiger partial charge on any atom is -0.382 e. The summed E-state index contributed by atoms with van der Waals surface area (Å²) in [5.41, 5.74) is 2.32. The van der Waals surface area contributed by atoms with Crippen molar-refractivity contribution < 1.29 is 14.3 Å². The lowest BCUT2D eigenvalue weighted by Gasteiger charge is -2.42.